The molecular formula is C14H23N3O4. The Labute approximate surface area is 124 Å². The van der Waals surface area contributed by atoms with Crippen LogP contribution in [0.5, 0.6) is 0 Å². The van der Waals surface area contributed by atoms with Crippen molar-refractivity contribution in [1.29, 1.82) is 0 Å². The van der Waals surface area contributed by atoms with Gasteiger partial charge in [0.2, 0.25) is 0 Å². The summed E-state index contributed by atoms with van der Waals surface area (Å²) in [6.45, 7) is 8.17. The van der Waals surface area contributed by atoms with Crippen molar-refractivity contribution in [1.82, 2.24) is 15.5 Å². The van der Waals surface area contributed by atoms with Crippen molar-refractivity contribution in [2.75, 3.05) is 13.1 Å². The third-order valence-corrected chi connectivity index (χ3v) is 3.96. The molecule has 0 saturated carbocycles. The number of urea groups is 1. The molecule has 7 nitrogen and oxygen atoms in total. The highest BCUT2D eigenvalue weighted by atomic mass is 16.6. The molecule has 118 valence electrons. The first-order valence-electron chi connectivity index (χ1n) is 7.23. The summed E-state index contributed by atoms with van der Waals surface area (Å²) in [4.78, 5) is 37.1. The van der Waals surface area contributed by atoms with Crippen molar-refractivity contribution < 1.29 is 19.1 Å². The van der Waals surface area contributed by atoms with Gasteiger partial charge in [-0.2, -0.15) is 0 Å². The van der Waals surface area contributed by atoms with E-state index in [0.717, 1.165) is 12.8 Å². The molecule has 0 spiro atoms. The number of amides is 4. The lowest BCUT2D eigenvalue weighted by Gasteiger charge is -2.39. The summed E-state index contributed by atoms with van der Waals surface area (Å²) in [6, 6.07) is -0.475. The first-order valence-corrected chi connectivity index (χ1v) is 7.23. The zero-order chi connectivity index (χ0) is 15.8. The monoisotopic (exact) mass is 297 g/mol. The second-order valence-corrected chi connectivity index (χ2v) is 6.88. The van der Waals surface area contributed by atoms with Crippen LogP contribution in [0.25, 0.3) is 0 Å². The number of carbonyl (C=O) groups is 3. The first kappa shape index (κ1) is 15.6. The first-order chi connectivity index (χ1) is 9.62. The molecule has 0 aromatic rings. The standard InChI is InChI=1S/C14H23N3O4/c1-13(2,3)21-12(20)17-7-5-6-9(8-17)14(4)10(18)15-11(19)16-14/h9H,5-8H2,1-4H3,(H2,15,16,18,19)/t9-,14+/m0/s1. The lowest BCUT2D eigenvalue weighted by molar-refractivity contribution is -0.126. The maximum absolute atomic E-state index is 12.1. The number of ether oxygens (including phenoxy) is 1. The maximum atomic E-state index is 12.1. The normalized spacial score (nSPS) is 29.9. The molecule has 2 saturated heterocycles. The number of hydrogen-bond donors (Lipinski definition) is 2. The maximum Gasteiger partial charge on any atom is 0.410 e. The Hall–Kier alpha value is -1.79. The van der Waals surface area contributed by atoms with E-state index < -0.39 is 17.2 Å². The van der Waals surface area contributed by atoms with Crippen LogP contribution >= 0.6 is 0 Å². The van der Waals surface area contributed by atoms with Crippen LogP contribution < -0.4 is 10.6 Å². The molecule has 4 amide bonds. The fourth-order valence-corrected chi connectivity index (χ4v) is 2.78. The van der Waals surface area contributed by atoms with E-state index in [1.54, 1.807) is 11.8 Å². The summed E-state index contributed by atoms with van der Waals surface area (Å²) in [5, 5.41) is 4.94. The molecule has 0 bridgehead atoms. The summed E-state index contributed by atoms with van der Waals surface area (Å²) in [5.41, 5.74) is -1.51. The van der Waals surface area contributed by atoms with Crippen LogP contribution in [0.1, 0.15) is 40.5 Å². The number of rotatable bonds is 1. The third kappa shape index (κ3) is 3.28. The van der Waals surface area contributed by atoms with Crippen LogP contribution in [0.3, 0.4) is 0 Å². The van der Waals surface area contributed by atoms with Gasteiger partial charge < -0.3 is 15.0 Å². The number of carbonyl (C=O) groups excluding carboxylic acids is 3. The molecule has 2 aliphatic rings. The van der Waals surface area contributed by atoms with E-state index in [4.69, 9.17) is 4.74 Å². The van der Waals surface area contributed by atoms with Crippen LogP contribution in [0.4, 0.5) is 9.59 Å². The highest BCUT2D eigenvalue weighted by Crippen LogP contribution is 2.30. The van der Waals surface area contributed by atoms with Crippen molar-refractivity contribution in [3.8, 4) is 0 Å². The second-order valence-electron chi connectivity index (χ2n) is 6.88. The molecule has 2 aliphatic heterocycles. The highest BCUT2D eigenvalue weighted by Gasteiger charge is 2.49. The molecule has 2 atom stereocenters. The van der Waals surface area contributed by atoms with Crippen molar-refractivity contribution in [2.45, 2.75) is 51.7 Å². The van der Waals surface area contributed by atoms with E-state index in [9.17, 15) is 14.4 Å². The minimum atomic E-state index is -0.961. The second kappa shape index (κ2) is 5.20. The van der Waals surface area contributed by atoms with Crippen LogP contribution in [-0.4, -0.2) is 47.2 Å². The van der Waals surface area contributed by atoms with Gasteiger partial charge in [0.05, 0.1) is 0 Å². The molecule has 0 aromatic heterocycles. The van der Waals surface area contributed by atoms with Crippen molar-refractivity contribution in [3.05, 3.63) is 0 Å². The Morgan fingerprint density at radius 2 is 2.05 bits per heavy atom. The number of nitrogens with zero attached hydrogens (tertiary/aromatic N) is 1. The molecule has 7 heteroatoms. The van der Waals surface area contributed by atoms with Crippen LogP contribution in [0, 0.1) is 5.92 Å². The number of nitrogens with one attached hydrogen (secondary N) is 2. The number of hydrogen-bond acceptors (Lipinski definition) is 4. The molecule has 2 heterocycles. The van der Waals surface area contributed by atoms with E-state index in [-0.39, 0.29) is 17.9 Å². The van der Waals surface area contributed by atoms with Gasteiger partial charge in [0, 0.05) is 19.0 Å². The number of imide groups is 1. The Morgan fingerprint density at radius 1 is 1.38 bits per heavy atom. The van der Waals surface area contributed by atoms with Gasteiger partial charge in [0.1, 0.15) is 11.1 Å². The summed E-state index contributed by atoms with van der Waals surface area (Å²) < 4.78 is 5.37. The fourth-order valence-electron chi connectivity index (χ4n) is 2.78. The quantitative estimate of drug-likeness (QED) is 0.713. The van der Waals surface area contributed by atoms with E-state index >= 15 is 0 Å². The smallest absolute Gasteiger partial charge is 0.410 e. The summed E-state index contributed by atoms with van der Waals surface area (Å²) >= 11 is 0. The Balaban J connectivity index is 2.06. The number of likely N-dealkylation sites (tertiary alicyclic amines) is 1. The summed E-state index contributed by atoms with van der Waals surface area (Å²) in [6.07, 6.45) is 1.19. The summed E-state index contributed by atoms with van der Waals surface area (Å²) in [5.74, 6) is -0.450. The Bertz CT molecular complexity index is 471. The van der Waals surface area contributed by atoms with Crippen LogP contribution in [0.2, 0.25) is 0 Å². The van der Waals surface area contributed by atoms with E-state index in [0.29, 0.717) is 13.1 Å². The molecule has 0 unspecified atom stereocenters. The molecular weight excluding hydrogens is 274 g/mol. The lowest BCUT2D eigenvalue weighted by atomic mass is 9.80. The van der Waals surface area contributed by atoms with Gasteiger partial charge in [-0.3, -0.25) is 10.1 Å². The largest absolute Gasteiger partial charge is 0.444 e. The van der Waals surface area contributed by atoms with Gasteiger partial charge in [-0.05, 0) is 40.5 Å². The lowest BCUT2D eigenvalue weighted by Crippen LogP contribution is -2.56. The average Bonchev–Trinajstić information content (AvgIpc) is 2.62. The molecule has 2 N–H and O–H groups in total. The minimum Gasteiger partial charge on any atom is -0.444 e. The van der Waals surface area contributed by atoms with Gasteiger partial charge in [-0.1, -0.05) is 0 Å². The molecule has 2 fully saturated rings. The zero-order valence-electron chi connectivity index (χ0n) is 13.0. The molecule has 0 aromatic carbocycles. The van der Waals surface area contributed by atoms with Crippen LogP contribution in [0.15, 0.2) is 0 Å². The van der Waals surface area contributed by atoms with E-state index in [2.05, 4.69) is 10.6 Å². The van der Waals surface area contributed by atoms with Gasteiger partial charge >= 0.3 is 12.1 Å². The third-order valence-electron chi connectivity index (χ3n) is 3.96. The van der Waals surface area contributed by atoms with Gasteiger partial charge in [0.15, 0.2) is 0 Å². The predicted octanol–water partition coefficient (Wildman–Crippen LogP) is 1.23. The van der Waals surface area contributed by atoms with Gasteiger partial charge in [-0.15, -0.1) is 0 Å². The number of piperidine rings is 1. The molecule has 2 rings (SSSR count). The van der Waals surface area contributed by atoms with E-state index in [1.165, 1.54) is 0 Å². The molecule has 0 radical (unpaired) electrons. The highest BCUT2D eigenvalue weighted by molar-refractivity contribution is 6.07. The van der Waals surface area contributed by atoms with Gasteiger partial charge in [0.25, 0.3) is 5.91 Å². The van der Waals surface area contributed by atoms with Crippen molar-refractivity contribution in [2.24, 2.45) is 5.92 Å². The summed E-state index contributed by atoms with van der Waals surface area (Å²) in [7, 11) is 0. The Morgan fingerprint density at radius 3 is 2.57 bits per heavy atom. The topological polar surface area (TPSA) is 87.7 Å². The van der Waals surface area contributed by atoms with Crippen molar-refractivity contribution >= 4 is 18.0 Å². The average molecular weight is 297 g/mol. The predicted molar refractivity (Wildman–Crippen MR) is 75.6 cm³/mol. The fraction of sp³-hybridized carbons (Fsp3) is 0.786. The minimum absolute atomic E-state index is 0.120. The van der Waals surface area contributed by atoms with Crippen molar-refractivity contribution in [3.63, 3.8) is 0 Å². The Kier molecular flexibility index (Phi) is 3.86. The van der Waals surface area contributed by atoms with E-state index in [1.807, 2.05) is 20.8 Å². The zero-order valence-corrected chi connectivity index (χ0v) is 13.0. The van der Waals surface area contributed by atoms with Gasteiger partial charge in [-0.25, -0.2) is 9.59 Å². The molecule has 0 aliphatic carbocycles. The SMILES string of the molecule is CC(C)(C)OC(=O)N1CCC[C@H]([C@@]2(C)NC(=O)NC2=O)C1. The molecule has 21 heavy (non-hydrogen) atoms. The van der Waals surface area contributed by atoms with Crippen LogP contribution in [-0.2, 0) is 9.53 Å².